The van der Waals surface area contributed by atoms with Crippen LogP contribution in [0.2, 0.25) is 0 Å². The number of Topliss-reactive ketones (excluding diaryl/α,β-unsaturated/α-hetero) is 2. The highest BCUT2D eigenvalue weighted by atomic mass is 32.2. The number of carbonyl (C=O) groups is 4. The first kappa shape index (κ1) is 33.6. The molecule has 1 aromatic heterocycles. The Bertz CT molecular complexity index is 1680. The van der Waals surface area contributed by atoms with Crippen molar-refractivity contribution in [2.75, 3.05) is 13.7 Å². The van der Waals surface area contributed by atoms with Gasteiger partial charge in [0.05, 0.1) is 30.4 Å². The second-order valence-corrected chi connectivity index (χ2v) is 16.0. The number of hydrogen-bond donors (Lipinski definition) is 1. The maximum absolute atomic E-state index is 14.2. The van der Waals surface area contributed by atoms with E-state index in [2.05, 4.69) is 16.3 Å². The normalized spacial score (nSPS) is 25.1. The third-order valence-electron chi connectivity index (χ3n) is 9.52. The van der Waals surface area contributed by atoms with Crippen molar-refractivity contribution in [3.63, 3.8) is 0 Å². The number of likely N-dealkylation sites (tertiary alicyclic amines) is 1. The summed E-state index contributed by atoms with van der Waals surface area (Å²) in [6, 6.07) is 6.37. The number of sulfonamides is 1. The number of ether oxygens (including phenoxy) is 2. The largest absolute Gasteiger partial charge is 0.497 e. The first-order chi connectivity index (χ1) is 21.6. The summed E-state index contributed by atoms with van der Waals surface area (Å²) >= 11 is 0. The average molecular weight is 654 g/mol. The van der Waals surface area contributed by atoms with Gasteiger partial charge in [0.25, 0.3) is 0 Å². The van der Waals surface area contributed by atoms with Crippen LogP contribution < -0.4 is 14.2 Å². The summed E-state index contributed by atoms with van der Waals surface area (Å²) < 4.78 is 39.1. The topological polar surface area (TPSA) is 149 Å². The van der Waals surface area contributed by atoms with Gasteiger partial charge in [-0.2, -0.15) is 0 Å². The van der Waals surface area contributed by atoms with Gasteiger partial charge in [-0.15, -0.1) is 6.58 Å². The zero-order chi connectivity index (χ0) is 33.6. The molecule has 2 aliphatic carbocycles. The van der Waals surface area contributed by atoms with Crippen LogP contribution in [-0.4, -0.2) is 72.7 Å². The van der Waals surface area contributed by atoms with Crippen LogP contribution in [0.3, 0.4) is 0 Å². The van der Waals surface area contributed by atoms with Crippen LogP contribution in [0.1, 0.15) is 66.2 Å². The molecule has 11 nitrogen and oxygen atoms in total. The van der Waals surface area contributed by atoms with Gasteiger partial charge in [0, 0.05) is 36.8 Å². The fourth-order valence-electron chi connectivity index (χ4n) is 6.50. The number of allylic oxidation sites excluding steroid dienone is 1. The van der Waals surface area contributed by atoms with Crippen molar-refractivity contribution < 1.29 is 37.1 Å². The van der Waals surface area contributed by atoms with Crippen LogP contribution in [0.4, 0.5) is 0 Å². The van der Waals surface area contributed by atoms with E-state index in [4.69, 9.17) is 9.47 Å². The molecule has 2 aromatic rings. The molecular formula is C34H43N3O8S. The minimum absolute atomic E-state index is 0.0158. The predicted octanol–water partition coefficient (Wildman–Crippen LogP) is 3.99. The fourth-order valence-corrected chi connectivity index (χ4v) is 7.88. The molecular weight excluding hydrogens is 610 g/mol. The number of amides is 2. The molecule has 1 aliphatic heterocycles. The smallest absolute Gasteiger partial charge is 0.240 e. The Kier molecular flexibility index (Phi) is 9.07. The van der Waals surface area contributed by atoms with Gasteiger partial charge < -0.3 is 19.2 Å². The van der Waals surface area contributed by atoms with Crippen LogP contribution in [0.5, 0.6) is 11.6 Å². The van der Waals surface area contributed by atoms with Crippen molar-refractivity contribution in [3.8, 4) is 11.6 Å². The van der Waals surface area contributed by atoms with Crippen molar-refractivity contribution >= 4 is 44.2 Å². The molecule has 0 bridgehead atoms. The second-order valence-electron chi connectivity index (χ2n) is 14.0. The molecule has 5 rings (SSSR count). The fraction of sp³-hybridized carbons (Fsp3) is 0.559. The molecule has 12 heteroatoms. The molecule has 0 radical (unpaired) electrons. The Hall–Kier alpha value is -3.80. The van der Waals surface area contributed by atoms with E-state index in [0.717, 1.165) is 10.8 Å². The highest BCUT2D eigenvalue weighted by molar-refractivity contribution is 7.90. The molecule has 5 atom stereocenters. The lowest BCUT2D eigenvalue weighted by molar-refractivity contribution is -0.146. The van der Waals surface area contributed by atoms with Crippen molar-refractivity contribution in [3.05, 3.63) is 43.1 Å². The highest BCUT2D eigenvalue weighted by Crippen LogP contribution is 2.57. The Balaban J connectivity index is 1.43. The summed E-state index contributed by atoms with van der Waals surface area (Å²) in [4.78, 5) is 59.9. The molecule has 1 aromatic carbocycles. The Morgan fingerprint density at radius 2 is 1.91 bits per heavy atom. The lowest BCUT2D eigenvalue weighted by Crippen LogP contribution is -2.48. The number of nitrogens with one attached hydrogen (secondary N) is 1. The van der Waals surface area contributed by atoms with Gasteiger partial charge in [0.1, 0.15) is 17.6 Å². The van der Waals surface area contributed by atoms with Crippen molar-refractivity contribution in [2.45, 2.75) is 83.6 Å². The van der Waals surface area contributed by atoms with Crippen molar-refractivity contribution in [1.29, 1.82) is 0 Å². The molecule has 2 heterocycles. The minimum atomic E-state index is -3.82. The molecule has 248 valence electrons. The zero-order valence-electron chi connectivity index (χ0n) is 27.1. The first-order valence-electron chi connectivity index (χ1n) is 15.7. The maximum Gasteiger partial charge on any atom is 0.240 e. The van der Waals surface area contributed by atoms with Gasteiger partial charge in [0.2, 0.25) is 27.7 Å². The van der Waals surface area contributed by atoms with Gasteiger partial charge in [-0.25, -0.2) is 13.4 Å². The number of aromatic nitrogens is 1. The summed E-state index contributed by atoms with van der Waals surface area (Å²) in [6.07, 6.45) is 3.76. The van der Waals surface area contributed by atoms with E-state index in [1.807, 2.05) is 39.0 Å². The summed E-state index contributed by atoms with van der Waals surface area (Å²) in [6.45, 7) is 11.0. The van der Waals surface area contributed by atoms with E-state index < -0.39 is 50.1 Å². The third-order valence-corrected chi connectivity index (χ3v) is 11.3. The number of methoxy groups -OCH3 is 1. The number of fused-ring (bicyclic) bond motifs is 1. The average Bonchev–Trinajstić information content (AvgIpc) is 3.91. The molecule has 1 saturated heterocycles. The molecule has 1 N–H and O–H groups in total. The molecule has 1 unspecified atom stereocenters. The molecule has 0 spiro atoms. The number of benzene rings is 1. The summed E-state index contributed by atoms with van der Waals surface area (Å²) in [5.41, 5.74) is -1.83. The summed E-state index contributed by atoms with van der Waals surface area (Å²) in [5, 5.41) is 0.986. The number of rotatable bonds is 13. The van der Waals surface area contributed by atoms with Gasteiger partial charge in [-0.05, 0) is 67.2 Å². The van der Waals surface area contributed by atoms with Crippen molar-refractivity contribution in [2.24, 2.45) is 22.7 Å². The first-order valence-corrected chi connectivity index (χ1v) is 17.2. The number of carbonyl (C=O) groups excluding carboxylic acids is 4. The number of pyridine rings is 1. The van der Waals surface area contributed by atoms with Crippen LogP contribution >= 0.6 is 0 Å². The number of hydrogen-bond acceptors (Lipinski definition) is 9. The summed E-state index contributed by atoms with van der Waals surface area (Å²) in [5.74, 6) is -1.60. The highest BCUT2D eigenvalue weighted by Gasteiger charge is 2.61. The number of ketones is 2. The molecule has 46 heavy (non-hydrogen) atoms. The van der Waals surface area contributed by atoms with Gasteiger partial charge in [-0.1, -0.05) is 26.8 Å². The van der Waals surface area contributed by atoms with E-state index in [1.54, 1.807) is 25.4 Å². The quantitative estimate of drug-likeness (QED) is 0.317. The number of nitrogens with zero attached hydrogens (tertiary/aromatic N) is 2. The summed E-state index contributed by atoms with van der Waals surface area (Å²) in [7, 11) is -2.24. The van der Waals surface area contributed by atoms with Crippen LogP contribution in [0, 0.1) is 22.7 Å². The second kappa shape index (κ2) is 12.4. The maximum atomic E-state index is 14.2. The molecule has 2 amide bonds. The Labute approximate surface area is 270 Å². The standard InChI is InChI=1S/C34H43N3O8S/c1-7-22-17-34(22,32(41)36-46(42,43)25-9-10-25)18-29(39)28-16-24(19-37(28)31(40)27(14-20(2)38)33(3,4)5)45-30-26-11-8-23(44-6)15-21(26)12-13-35-30/h7-8,11-13,15,22,24-25,27-28H,1,9-10,14,16-19H2,2-6H3,(H,36,41)/t22-,24?,27-,28+,34-/m1/s1. The van der Waals surface area contributed by atoms with E-state index in [-0.39, 0.29) is 55.6 Å². The zero-order valence-corrected chi connectivity index (χ0v) is 27.9. The van der Waals surface area contributed by atoms with Crippen molar-refractivity contribution in [1.82, 2.24) is 14.6 Å². The van der Waals surface area contributed by atoms with Gasteiger partial charge >= 0.3 is 0 Å². The van der Waals surface area contributed by atoms with Gasteiger partial charge in [-0.3, -0.25) is 19.1 Å². The SMILES string of the molecule is C=C[C@@H]1C[C@]1(CC(=O)[C@@H]1CC(Oc2nccc3cc(OC)ccc23)CN1C(=O)[C@@H](CC(C)=O)C(C)(C)C)C(=O)NS(=O)(=O)C1CC1. The molecule has 3 aliphatic rings. The van der Waals surface area contributed by atoms with E-state index in [0.29, 0.717) is 24.5 Å². The van der Waals surface area contributed by atoms with Crippen LogP contribution in [0.25, 0.3) is 10.8 Å². The van der Waals surface area contributed by atoms with Crippen LogP contribution in [0.15, 0.2) is 43.1 Å². The lowest BCUT2D eigenvalue weighted by Gasteiger charge is -2.34. The van der Waals surface area contributed by atoms with E-state index >= 15 is 0 Å². The van der Waals surface area contributed by atoms with E-state index in [1.165, 1.54) is 11.8 Å². The van der Waals surface area contributed by atoms with E-state index in [9.17, 15) is 27.6 Å². The monoisotopic (exact) mass is 653 g/mol. The van der Waals surface area contributed by atoms with Gasteiger partial charge in [0.15, 0.2) is 5.78 Å². The minimum Gasteiger partial charge on any atom is -0.497 e. The molecule has 3 fully saturated rings. The predicted molar refractivity (Wildman–Crippen MR) is 172 cm³/mol. The molecule has 2 saturated carbocycles. The third kappa shape index (κ3) is 6.82. The lowest BCUT2D eigenvalue weighted by atomic mass is 9.77. The van der Waals surface area contributed by atoms with Crippen LogP contribution in [-0.2, 0) is 29.2 Å². The Morgan fingerprint density at radius 3 is 2.50 bits per heavy atom. The Morgan fingerprint density at radius 1 is 1.20 bits per heavy atom.